The molecule has 1 heterocycles. The average Bonchev–Trinajstić information content (AvgIpc) is 2.57. The van der Waals surface area contributed by atoms with Gasteiger partial charge in [0.1, 0.15) is 23.9 Å². The maximum Gasteiger partial charge on any atom is 0.225 e. The highest BCUT2D eigenvalue weighted by atomic mass is 16.5. The molecular formula is C17H22N4O2. The third-order valence-electron chi connectivity index (χ3n) is 3.00. The topological polar surface area (TPSA) is 68.3 Å². The molecule has 0 spiro atoms. The number of nitrogens with zero attached hydrogens (tertiary/aromatic N) is 2. The Morgan fingerprint density at radius 2 is 1.87 bits per heavy atom. The van der Waals surface area contributed by atoms with Crippen molar-refractivity contribution in [3.8, 4) is 11.5 Å². The van der Waals surface area contributed by atoms with Crippen LogP contribution in [0, 0.1) is 6.92 Å². The number of aromatic nitrogens is 2. The monoisotopic (exact) mass is 314 g/mol. The van der Waals surface area contributed by atoms with Gasteiger partial charge in [0.2, 0.25) is 5.95 Å². The molecule has 0 radical (unpaired) electrons. The van der Waals surface area contributed by atoms with Crippen LogP contribution in [0.1, 0.15) is 5.69 Å². The van der Waals surface area contributed by atoms with Gasteiger partial charge in [0.15, 0.2) is 0 Å². The highest BCUT2D eigenvalue weighted by Gasteiger charge is 2.01. The van der Waals surface area contributed by atoms with E-state index in [9.17, 15) is 0 Å². The van der Waals surface area contributed by atoms with E-state index < -0.39 is 0 Å². The van der Waals surface area contributed by atoms with Crippen molar-refractivity contribution in [3.05, 3.63) is 48.7 Å². The van der Waals surface area contributed by atoms with Gasteiger partial charge >= 0.3 is 0 Å². The van der Waals surface area contributed by atoms with Crippen LogP contribution in [-0.2, 0) is 0 Å². The summed E-state index contributed by atoms with van der Waals surface area (Å²) in [5, 5.41) is 6.31. The molecular weight excluding hydrogens is 292 g/mol. The van der Waals surface area contributed by atoms with Crippen molar-refractivity contribution in [1.29, 1.82) is 0 Å². The zero-order valence-electron chi connectivity index (χ0n) is 13.5. The highest BCUT2D eigenvalue weighted by molar-refractivity contribution is 5.42. The van der Waals surface area contributed by atoms with Gasteiger partial charge in [0, 0.05) is 18.3 Å². The number of hydrogen-bond donors (Lipinski definition) is 2. The Bertz CT molecular complexity index is 629. The summed E-state index contributed by atoms with van der Waals surface area (Å²) in [6, 6.07) is 9.39. The maximum atomic E-state index is 5.66. The van der Waals surface area contributed by atoms with Crippen LogP contribution >= 0.6 is 0 Å². The molecule has 23 heavy (non-hydrogen) atoms. The van der Waals surface area contributed by atoms with Crippen molar-refractivity contribution in [2.75, 3.05) is 37.4 Å². The summed E-state index contributed by atoms with van der Waals surface area (Å²) in [4.78, 5) is 8.70. The Morgan fingerprint density at radius 3 is 2.57 bits per heavy atom. The number of methoxy groups -OCH3 is 1. The summed E-state index contributed by atoms with van der Waals surface area (Å²) in [7, 11) is 1.64. The van der Waals surface area contributed by atoms with E-state index in [-0.39, 0.29) is 0 Å². The first-order valence-corrected chi connectivity index (χ1v) is 7.42. The number of hydrogen-bond acceptors (Lipinski definition) is 6. The second-order valence-electron chi connectivity index (χ2n) is 4.84. The lowest BCUT2D eigenvalue weighted by Gasteiger charge is -2.10. The first-order chi connectivity index (χ1) is 11.2. The van der Waals surface area contributed by atoms with Crippen LogP contribution < -0.4 is 20.1 Å². The van der Waals surface area contributed by atoms with Gasteiger partial charge in [-0.05, 0) is 31.2 Å². The molecule has 2 rings (SSSR count). The van der Waals surface area contributed by atoms with E-state index in [0.717, 1.165) is 23.0 Å². The molecule has 2 aromatic rings. The van der Waals surface area contributed by atoms with Crippen molar-refractivity contribution in [2.45, 2.75) is 6.92 Å². The lowest BCUT2D eigenvalue weighted by molar-refractivity contribution is 0.331. The number of nitrogens with one attached hydrogen (secondary N) is 2. The van der Waals surface area contributed by atoms with Gasteiger partial charge in [0.25, 0.3) is 0 Å². The number of rotatable bonds is 9. The normalized spacial score (nSPS) is 10.0. The fourth-order valence-electron chi connectivity index (χ4n) is 1.92. The standard InChI is InChI=1S/C17H22N4O2/c1-4-9-19-17-20-13(2)12-16(21-17)18-10-11-23-15-7-5-14(22-3)6-8-15/h4-8,12H,1,9-11H2,2-3H3,(H2,18,19,20,21). The minimum atomic E-state index is 0.533. The maximum absolute atomic E-state index is 5.66. The molecule has 0 aliphatic heterocycles. The SMILES string of the molecule is C=CCNc1nc(C)cc(NCCOc2ccc(OC)cc2)n1. The lowest BCUT2D eigenvalue weighted by atomic mass is 10.3. The van der Waals surface area contributed by atoms with Crippen LogP contribution in [-0.4, -0.2) is 36.8 Å². The third kappa shape index (κ3) is 5.50. The molecule has 122 valence electrons. The summed E-state index contributed by atoms with van der Waals surface area (Å²) >= 11 is 0. The van der Waals surface area contributed by atoms with Crippen LogP contribution in [0.5, 0.6) is 11.5 Å². The van der Waals surface area contributed by atoms with E-state index in [2.05, 4.69) is 27.2 Å². The first kappa shape index (κ1) is 16.6. The summed E-state index contributed by atoms with van der Waals surface area (Å²) in [5.41, 5.74) is 0.894. The van der Waals surface area contributed by atoms with Crippen molar-refractivity contribution >= 4 is 11.8 Å². The first-order valence-electron chi connectivity index (χ1n) is 7.42. The molecule has 0 bridgehead atoms. The zero-order chi connectivity index (χ0) is 16.5. The van der Waals surface area contributed by atoms with Crippen LogP contribution in [0.3, 0.4) is 0 Å². The summed E-state index contributed by atoms with van der Waals surface area (Å²) < 4.78 is 10.8. The molecule has 0 fully saturated rings. The molecule has 1 aromatic carbocycles. The second-order valence-corrected chi connectivity index (χ2v) is 4.84. The molecule has 0 aliphatic rings. The van der Waals surface area contributed by atoms with Crippen molar-refractivity contribution in [3.63, 3.8) is 0 Å². The Balaban J connectivity index is 1.80. The van der Waals surface area contributed by atoms with Gasteiger partial charge in [-0.2, -0.15) is 4.98 Å². The van der Waals surface area contributed by atoms with E-state index >= 15 is 0 Å². The quantitative estimate of drug-likeness (QED) is 0.548. The molecule has 0 saturated heterocycles. The zero-order valence-corrected chi connectivity index (χ0v) is 13.5. The molecule has 0 aliphatic carbocycles. The Kier molecular flexibility index (Phi) is 6.23. The number of aryl methyl sites for hydroxylation is 1. The van der Waals surface area contributed by atoms with Crippen LogP contribution in [0.15, 0.2) is 43.0 Å². The predicted octanol–water partition coefficient (Wildman–Crippen LogP) is 2.88. The Hall–Kier alpha value is -2.76. The average molecular weight is 314 g/mol. The summed E-state index contributed by atoms with van der Waals surface area (Å²) in [6.45, 7) is 7.40. The molecule has 6 heteroatoms. The van der Waals surface area contributed by atoms with Gasteiger partial charge < -0.3 is 20.1 Å². The molecule has 0 atom stereocenters. The minimum Gasteiger partial charge on any atom is -0.497 e. The van der Waals surface area contributed by atoms with Gasteiger partial charge in [-0.15, -0.1) is 6.58 Å². The van der Waals surface area contributed by atoms with Gasteiger partial charge in [-0.1, -0.05) is 6.08 Å². The molecule has 0 saturated carbocycles. The lowest BCUT2D eigenvalue weighted by Crippen LogP contribution is -2.14. The van der Waals surface area contributed by atoms with Crippen LogP contribution in [0.25, 0.3) is 0 Å². The molecule has 0 unspecified atom stereocenters. The van der Waals surface area contributed by atoms with E-state index in [1.165, 1.54) is 0 Å². The summed E-state index contributed by atoms with van der Waals surface area (Å²) in [5.74, 6) is 2.97. The molecule has 6 nitrogen and oxygen atoms in total. The van der Waals surface area contributed by atoms with Crippen LogP contribution in [0.4, 0.5) is 11.8 Å². The van der Waals surface area contributed by atoms with Gasteiger partial charge in [-0.25, -0.2) is 4.98 Å². The van der Waals surface area contributed by atoms with Crippen molar-refractivity contribution in [2.24, 2.45) is 0 Å². The fraction of sp³-hybridized carbons (Fsp3) is 0.294. The predicted molar refractivity (Wildman–Crippen MR) is 92.4 cm³/mol. The van der Waals surface area contributed by atoms with E-state index in [1.54, 1.807) is 13.2 Å². The van der Waals surface area contributed by atoms with Gasteiger partial charge in [-0.3, -0.25) is 0 Å². The smallest absolute Gasteiger partial charge is 0.225 e. The van der Waals surface area contributed by atoms with E-state index in [4.69, 9.17) is 9.47 Å². The summed E-state index contributed by atoms with van der Waals surface area (Å²) in [6.07, 6.45) is 1.77. The van der Waals surface area contributed by atoms with Gasteiger partial charge in [0.05, 0.1) is 13.7 Å². The largest absolute Gasteiger partial charge is 0.497 e. The van der Waals surface area contributed by atoms with E-state index in [0.29, 0.717) is 25.6 Å². The van der Waals surface area contributed by atoms with Crippen molar-refractivity contribution in [1.82, 2.24) is 9.97 Å². The van der Waals surface area contributed by atoms with E-state index in [1.807, 2.05) is 37.3 Å². The molecule has 1 aromatic heterocycles. The van der Waals surface area contributed by atoms with Crippen molar-refractivity contribution < 1.29 is 9.47 Å². The molecule has 2 N–H and O–H groups in total. The minimum absolute atomic E-state index is 0.533. The number of anilines is 2. The number of ether oxygens (including phenoxy) is 2. The van der Waals surface area contributed by atoms with Crippen LogP contribution in [0.2, 0.25) is 0 Å². The number of benzene rings is 1. The fourth-order valence-corrected chi connectivity index (χ4v) is 1.92. The Morgan fingerprint density at radius 1 is 1.13 bits per heavy atom. The molecule has 0 amide bonds. The Labute approximate surface area is 136 Å². The highest BCUT2D eigenvalue weighted by Crippen LogP contribution is 2.17. The second kappa shape index (κ2) is 8.63. The third-order valence-corrected chi connectivity index (χ3v) is 3.00.